The lowest BCUT2D eigenvalue weighted by atomic mass is 9.82. The lowest BCUT2D eigenvalue weighted by Gasteiger charge is -2.28. The Morgan fingerprint density at radius 3 is 2.81 bits per heavy atom. The second-order valence-electron chi connectivity index (χ2n) is 7.81. The third-order valence-corrected chi connectivity index (χ3v) is 5.87. The number of aliphatic hydroxyl groups excluding tert-OH is 1. The molecule has 0 spiro atoms. The maximum atomic E-state index is 12.9. The molecule has 2 aliphatic rings. The van der Waals surface area contributed by atoms with Crippen LogP contribution in [0.15, 0.2) is 42.0 Å². The van der Waals surface area contributed by atoms with Crippen molar-refractivity contribution in [2.45, 2.75) is 51.5 Å². The predicted octanol–water partition coefficient (Wildman–Crippen LogP) is 3.27. The van der Waals surface area contributed by atoms with Crippen molar-refractivity contribution in [2.24, 2.45) is 5.41 Å². The minimum absolute atomic E-state index is 0.0672. The lowest BCUT2D eigenvalue weighted by molar-refractivity contribution is -0.131. The zero-order valence-electron chi connectivity index (χ0n) is 15.8. The van der Waals surface area contributed by atoms with E-state index in [1.165, 1.54) is 36.8 Å². The van der Waals surface area contributed by atoms with Gasteiger partial charge < -0.3 is 10.4 Å². The van der Waals surface area contributed by atoms with E-state index in [1.807, 2.05) is 6.07 Å². The van der Waals surface area contributed by atoms with Gasteiger partial charge in [-0.2, -0.15) is 0 Å². The Bertz CT molecular complexity index is 614. The molecule has 1 amide bonds. The Hall–Kier alpha value is -1.65. The number of benzene rings is 1. The maximum absolute atomic E-state index is 12.9. The zero-order valence-corrected chi connectivity index (χ0v) is 15.8. The summed E-state index contributed by atoms with van der Waals surface area (Å²) in [5.74, 6) is 0.124. The molecule has 3 rings (SSSR count). The van der Waals surface area contributed by atoms with Crippen LogP contribution in [0.4, 0.5) is 0 Å². The van der Waals surface area contributed by atoms with Crippen LogP contribution >= 0.6 is 0 Å². The molecule has 1 saturated heterocycles. The first-order valence-corrected chi connectivity index (χ1v) is 10.1. The first-order valence-electron chi connectivity index (χ1n) is 10.1. The minimum atomic E-state index is -0.440. The molecule has 0 bridgehead atoms. The molecule has 1 aromatic carbocycles. The number of allylic oxidation sites excluding steroid dienone is 1. The molecule has 2 N–H and O–H groups in total. The van der Waals surface area contributed by atoms with Gasteiger partial charge >= 0.3 is 0 Å². The second kappa shape index (κ2) is 9.33. The summed E-state index contributed by atoms with van der Waals surface area (Å²) >= 11 is 0. The van der Waals surface area contributed by atoms with Gasteiger partial charge in [0, 0.05) is 26.2 Å². The number of nitrogens with one attached hydrogen (secondary N) is 1. The van der Waals surface area contributed by atoms with Gasteiger partial charge in [-0.1, -0.05) is 42.0 Å². The molecule has 1 heterocycles. The third kappa shape index (κ3) is 4.95. The van der Waals surface area contributed by atoms with Crippen LogP contribution in [-0.4, -0.2) is 42.2 Å². The van der Waals surface area contributed by atoms with Crippen LogP contribution < -0.4 is 5.32 Å². The van der Waals surface area contributed by atoms with E-state index in [1.54, 1.807) is 0 Å². The highest BCUT2D eigenvalue weighted by Crippen LogP contribution is 2.35. The maximum Gasteiger partial charge on any atom is 0.227 e. The summed E-state index contributed by atoms with van der Waals surface area (Å²) in [5.41, 5.74) is 2.33. The van der Waals surface area contributed by atoms with Gasteiger partial charge in [-0.15, -0.1) is 0 Å². The molecular weight excluding hydrogens is 324 g/mol. The highest BCUT2D eigenvalue weighted by Gasteiger charge is 2.43. The molecule has 26 heavy (non-hydrogen) atoms. The number of likely N-dealkylation sites (tertiary alicyclic amines) is 1. The van der Waals surface area contributed by atoms with Crippen LogP contribution in [0.2, 0.25) is 0 Å². The molecule has 0 aromatic heterocycles. The number of carbonyl (C=O) groups is 1. The van der Waals surface area contributed by atoms with E-state index < -0.39 is 5.41 Å². The van der Waals surface area contributed by atoms with Gasteiger partial charge in [0.15, 0.2) is 0 Å². The first-order chi connectivity index (χ1) is 12.7. The molecule has 1 aromatic rings. The number of nitrogens with zero attached hydrogens (tertiary/aromatic N) is 1. The molecule has 1 fully saturated rings. The molecule has 1 aliphatic heterocycles. The number of hydrogen-bond donors (Lipinski definition) is 2. The minimum Gasteiger partial charge on any atom is -0.396 e. The molecule has 4 nitrogen and oxygen atoms in total. The van der Waals surface area contributed by atoms with Gasteiger partial charge in [-0.3, -0.25) is 9.69 Å². The third-order valence-electron chi connectivity index (χ3n) is 5.87. The number of carbonyl (C=O) groups excluding carboxylic acids is 1. The average Bonchev–Trinajstić information content (AvgIpc) is 3.07. The molecule has 1 atom stereocenters. The smallest absolute Gasteiger partial charge is 0.227 e. The van der Waals surface area contributed by atoms with Crippen LogP contribution in [0.5, 0.6) is 0 Å². The van der Waals surface area contributed by atoms with E-state index in [2.05, 4.69) is 40.6 Å². The van der Waals surface area contributed by atoms with E-state index in [4.69, 9.17) is 0 Å². The van der Waals surface area contributed by atoms with Crippen LogP contribution in [0.3, 0.4) is 0 Å². The largest absolute Gasteiger partial charge is 0.396 e. The van der Waals surface area contributed by atoms with Crippen molar-refractivity contribution in [2.75, 3.05) is 26.2 Å². The quantitative estimate of drug-likeness (QED) is 0.703. The highest BCUT2D eigenvalue weighted by atomic mass is 16.3. The molecular formula is C22H32N2O2. The molecule has 4 heteroatoms. The van der Waals surface area contributed by atoms with Crippen LogP contribution in [0.1, 0.15) is 50.5 Å². The van der Waals surface area contributed by atoms with Crippen LogP contribution in [0.25, 0.3) is 0 Å². The van der Waals surface area contributed by atoms with Crippen molar-refractivity contribution in [3.05, 3.63) is 47.5 Å². The number of hydrogen-bond acceptors (Lipinski definition) is 3. The summed E-state index contributed by atoms with van der Waals surface area (Å²) in [5, 5.41) is 12.7. The molecule has 1 aliphatic carbocycles. The summed E-state index contributed by atoms with van der Waals surface area (Å²) in [7, 11) is 0. The summed E-state index contributed by atoms with van der Waals surface area (Å²) in [6, 6.07) is 10.4. The monoisotopic (exact) mass is 356 g/mol. The fourth-order valence-corrected chi connectivity index (χ4v) is 4.31. The fourth-order valence-electron chi connectivity index (χ4n) is 4.31. The number of aliphatic hydroxyl groups is 1. The van der Waals surface area contributed by atoms with E-state index >= 15 is 0 Å². The van der Waals surface area contributed by atoms with E-state index in [-0.39, 0.29) is 12.5 Å². The SMILES string of the molecule is O=C(NCCC1=CCCCC1)C1(CCO)CCN(Cc2ccccc2)C1. The van der Waals surface area contributed by atoms with Crippen molar-refractivity contribution in [3.63, 3.8) is 0 Å². The normalized spacial score (nSPS) is 23.7. The Morgan fingerprint density at radius 1 is 1.23 bits per heavy atom. The standard InChI is InChI=1S/C22H32N2O2/c25-16-13-22(21(26)23-14-11-19-7-3-1-4-8-19)12-15-24(18-22)17-20-9-5-2-6-10-20/h2,5-7,9-10,25H,1,3-4,8,11-18H2,(H,23,26). The topological polar surface area (TPSA) is 52.6 Å². The van der Waals surface area contributed by atoms with E-state index in [9.17, 15) is 9.90 Å². The molecule has 0 saturated carbocycles. The van der Waals surface area contributed by atoms with Crippen molar-refractivity contribution < 1.29 is 9.90 Å². The van der Waals surface area contributed by atoms with E-state index in [0.717, 1.165) is 39.0 Å². The Balaban J connectivity index is 1.53. The number of rotatable bonds is 8. The average molecular weight is 357 g/mol. The van der Waals surface area contributed by atoms with Crippen LogP contribution in [-0.2, 0) is 11.3 Å². The summed E-state index contributed by atoms with van der Waals surface area (Å²) in [4.78, 5) is 15.3. The van der Waals surface area contributed by atoms with Crippen LogP contribution in [0, 0.1) is 5.41 Å². The summed E-state index contributed by atoms with van der Waals surface area (Å²) in [6.45, 7) is 3.30. The van der Waals surface area contributed by atoms with Gasteiger partial charge in [-0.25, -0.2) is 0 Å². The second-order valence-corrected chi connectivity index (χ2v) is 7.81. The van der Waals surface area contributed by atoms with Crippen molar-refractivity contribution in [1.82, 2.24) is 10.2 Å². The number of amides is 1. The van der Waals surface area contributed by atoms with Gasteiger partial charge in [0.2, 0.25) is 5.91 Å². The molecule has 142 valence electrons. The van der Waals surface area contributed by atoms with Gasteiger partial charge in [0.25, 0.3) is 0 Å². The molecule has 0 radical (unpaired) electrons. The van der Waals surface area contributed by atoms with Gasteiger partial charge in [0.05, 0.1) is 5.41 Å². The Labute approximate surface area is 157 Å². The van der Waals surface area contributed by atoms with Crippen molar-refractivity contribution in [1.29, 1.82) is 0 Å². The van der Waals surface area contributed by atoms with Gasteiger partial charge in [-0.05, 0) is 57.1 Å². The fraction of sp³-hybridized carbons (Fsp3) is 0.591. The first kappa shape index (κ1) is 19.1. The van der Waals surface area contributed by atoms with E-state index in [0.29, 0.717) is 6.42 Å². The Kier molecular flexibility index (Phi) is 6.86. The zero-order chi connectivity index (χ0) is 18.2. The van der Waals surface area contributed by atoms with Crippen molar-refractivity contribution >= 4 is 5.91 Å². The summed E-state index contributed by atoms with van der Waals surface area (Å²) in [6.07, 6.45) is 9.64. The molecule has 1 unspecified atom stereocenters. The highest BCUT2D eigenvalue weighted by molar-refractivity contribution is 5.83. The van der Waals surface area contributed by atoms with Crippen molar-refractivity contribution in [3.8, 4) is 0 Å². The van der Waals surface area contributed by atoms with Gasteiger partial charge in [0.1, 0.15) is 0 Å². The summed E-state index contributed by atoms with van der Waals surface area (Å²) < 4.78 is 0. The predicted molar refractivity (Wildman–Crippen MR) is 105 cm³/mol. The Morgan fingerprint density at radius 2 is 2.08 bits per heavy atom. The lowest BCUT2D eigenvalue weighted by Crippen LogP contribution is -2.44.